The third kappa shape index (κ3) is 3.16. The summed E-state index contributed by atoms with van der Waals surface area (Å²) in [5, 5.41) is 2.61. The van der Waals surface area contributed by atoms with Gasteiger partial charge in [0, 0.05) is 11.9 Å². The van der Waals surface area contributed by atoms with Crippen LogP contribution >= 0.6 is 15.9 Å². The number of nitrogens with zero attached hydrogens (tertiary/aromatic N) is 2. The summed E-state index contributed by atoms with van der Waals surface area (Å²) in [6.45, 7) is 0. The van der Waals surface area contributed by atoms with Crippen LogP contribution in [0.15, 0.2) is 28.9 Å². The molecule has 0 radical (unpaired) electrons. The molecular weight excluding hydrogens is 344 g/mol. The van der Waals surface area contributed by atoms with Gasteiger partial charge < -0.3 is 11.1 Å². The van der Waals surface area contributed by atoms with Crippen molar-refractivity contribution in [3.8, 4) is 0 Å². The number of nitrogen functional groups attached to an aromatic ring is 1. The fourth-order valence-corrected chi connectivity index (χ4v) is 1.72. The lowest BCUT2D eigenvalue weighted by molar-refractivity contribution is -0.139. The van der Waals surface area contributed by atoms with Gasteiger partial charge in [-0.25, -0.2) is 9.37 Å². The van der Waals surface area contributed by atoms with E-state index in [0.717, 1.165) is 12.1 Å². The molecule has 0 atom stereocenters. The van der Waals surface area contributed by atoms with E-state index in [2.05, 4.69) is 31.2 Å². The predicted octanol–water partition coefficient (Wildman–Crippen LogP) is 3.72. The first-order valence-electron chi connectivity index (χ1n) is 5.19. The van der Waals surface area contributed by atoms with Crippen LogP contribution in [0.1, 0.15) is 5.56 Å². The number of hydrogen-bond acceptors (Lipinski definition) is 4. The van der Waals surface area contributed by atoms with Crippen molar-refractivity contribution < 1.29 is 17.6 Å². The van der Waals surface area contributed by atoms with Gasteiger partial charge >= 0.3 is 6.18 Å². The molecule has 0 aliphatic heterocycles. The van der Waals surface area contributed by atoms with Gasteiger partial charge in [0.2, 0.25) is 5.95 Å². The van der Waals surface area contributed by atoms with E-state index in [4.69, 9.17) is 5.73 Å². The summed E-state index contributed by atoms with van der Waals surface area (Å²) in [7, 11) is 0. The molecule has 1 aromatic carbocycles. The number of benzene rings is 1. The van der Waals surface area contributed by atoms with Gasteiger partial charge in [-0.3, -0.25) is 0 Å². The standard InChI is InChI=1S/C11H7BrF4N4/c12-7-4-18-10(17)20-9(7)19-5-1-2-8(13)6(3-5)11(14,15)16/h1-4H,(H3,17,18,19,20). The average molecular weight is 351 g/mol. The molecule has 0 saturated heterocycles. The quantitative estimate of drug-likeness (QED) is 0.810. The van der Waals surface area contributed by atoms with Crippen LogP contribution in [-0.4, -0.2) is 9.97 Å². The van der Waals surface area contributed by atoms with E-state index in [0.29, 0.717) is 10.5 Å². The smallest absolute Gasteiger partial charge is 0.368 e. The van der Waals surface area contributed by atoms with Crippen LogP contribution in [0.3, 0.4) is 0 Å². The predicted molar refractivity (Wildman–Crippen MR) is 68.8 cm³/mol. The van der Waals surface area contributed by atoms with Crippen molar-refractivity contribution in [1.29, 1.82) is 0 Å². The zero-order valence-corrected chi connectivity index (χ0v) is 11.3. The Kier molecular flexibility index (Phi) is 3.80. The molecule has 4 nitrogen and oxygen atoms in total. The van der Waals surface area contributed by atoms with Crippen molar-refractivity contribution in [2.75, 3.05) is 11.1 Å². The summed E-state index contributed by atoms with van der Waals surface area (Å²) in [6.07, 6.45) is -3.43. The second kappa shape index (κ2) is 5.23. The Bertz CT molecular complexity index is 645. The Hall–Kier alpha value is -1.90. The number of hydrogen-bond donors (Lipinski definition) is 2. The average Bonchev–Trinajstić information content (AvgIpc) is 2.35. The minimum Gasteiger partial charge on any atom is -0.368 e. The lowest BCUT2D eigenvalue weighted by Crippen LogP contribution is -2.09. The van der Waals surface area contributed by atoms with Crippen molar-refractivity contribution in [3.05, 3.63) is 40.2 Å². The number of rotatable bonds is 2. The van der Waals surface area contributed by atoms with Gasteiger partial charge in [0.05, 0.1) is 10.0 Å². The van der Waals surface area contributed by atoms with E-state index in [1.807, 2.05) is 0 Å². The van der Waals surface area contributed by atoms with E-state index in [-0.39, 0.29) is 17.5 Å². The molecule has 9 heteroatoms. The highest BCUT2D eigenvalue weighted by Crippen LogP contribution is 2.34. The SMILES string of the molecule is Nc1ncc(Br)c(Nc2ccc(F)c(C(F)(F)F)c2)n1. The highest BCUT2D eigenvalue weighted by molar-refractivity contribution is 9.10. The van der Waals surface area contributed by atoms with Crippen LogP contribution in [-0.2, 0) is 6.18 Å². The van der Waals surface area contributed by atoms with Crippen molar-refractivity contribution in [2.24, 2.45) is 0 Å². The van der Waals surface area contributed by atoms with Gasteiger partial charge in [-0.1, -0.05) is 0 Å². The highest BCUT2D eigenvalue weighted by Gasteiger charge is 2.34. The van der Waals surface area contributed by atoms with Gasteiger partial charge in [-0.05, 0) is 34.1 Å². The first kappa shape index (κ1) is 14.5. The van der Waals surface area contributed by atoms with E-state index < -0.39 is 17.6 Å². The number of nitrogens with two attached hydrogens (primary N) is 1. The Morgan fingerprint density at radius 1 is 1.25 bits per heavy atom. The highest BCUT2D eigenvalue weighted by atomic mass is 79.9. The molecule has 2 aromatic rings. The largest absolute Gasteiger partial charge is 0.419 e. The number of nitrogens with one attached hydrogen (secondary N) is 1. The normalized spacial score (nSPS) is 11.4. The van der Waals surface area contributed by atoms with Crippen molar-refractivity contribution in [3.63, 3.8) is 0 Å². The molecule has 2 rings (SSSR count). The Morgan fingerprint density at radius 2 is 1.95 bits per heavy atom. The maximum absolute atomic E-state index is 13.1. The Labute approximate surface area is 119 Å². The first-order valence-corrected chi connectivity index (χ1v) is 5.98. The van der Waals surface area contributed by atoms with Crippen LogP contribution in [0.25, 0.3) is 0 Å². The van der Waals surface area contributed by atoms with Crippen molar-refractivity contribution in [2.45, 2.75) is 6.18 Å². The number of halogens is 5. The summed E-state index contributed by atoms with van der Waals surface area (Å²) < 4.78 is 51.3. The second-order valence-corrected chi connectivity index (χ2v) is 4.60. The minimum absolute atomic E-state index is 0.0255. The lowest BCUT2D eigenvalue weighted by atomic mass is 10.2. The fraction of sp³-hybridized carbons (Fsp3) is 0.0909. The van der Waals surface area contributed by atoms with E-state index in [9.17, 15) is 17.6 Å². The van der Waals surface area contributed by atoms with E-state index in [1.165, 1.54) is 6.20 Å². The maximum atomic E-state index is 13.1. The van der Waals surface area contributed by atoms with E-state index in [1.54, 1.807) is 0 Å². The molecule has 0 saturated carbocycles. The van der Waals surface area contributed by atoms with Crippen LogP contribution in [0.2, 0.25) is 0 Å². The number of aromatic nitrogens is 2. The molecule has 0 fully saturated rings. The number of alkyl halides is 3. The molecular formula is C11H7BrF4N4. The third-order valence-corrected chi connectivity index (χ3v) is 2.88. The minimum atomic E-state index is -4.77. The zero-order valence-electron chi connectivity index (χ0n) is 9.67. The summed E-state index contributed by atoms with van der Waals surface area (Å²) in [4.78, 5) is 7.51. The van der Waals surface area contributed by atoms with Gasteiger partial charge in [0.25, 0.3) is 0 Å². The summed E-state index contributed by atoms with van der Waals surface area (Å²) in [6, 6.07) is 2.54. The van der Waals surface area contributed by atoms with Gasteiger partial charge in [0.1, 0.15) is 11.6 Å². The summed E-state index contributed by atoms with van der Waals surface area (Å²) in [5.74, 6) is -1.21. The second-order valence-electron chi connectivity index (χ2n) is 3.74. The molecule has 1 aromatic heterocycles. The Morgan fingerprint density at radius 3 is 2.60 bits per heavy atom. The Balaban J connectivity index is 2.37. The van der Waals surface area contributed by atoms with Gasteiger partial charge in [0.15, 0.2) is 0 Å². The molecule has 0 amide bonds. The molecule has 0 aliphatic rings. The summed E-state index contributed by atoms with van der Waals surface area (Å²) in [5.41, 5.74) is 4.05. The van der Waals surface area contributed by atoms with Crippen LogP contribution in [0, 0.1) is 5.82 Å². The zero-order chi connectivity index (χ0) is 14.9. The molecule has 0 bridgehead atoms. The molecule has 106 valence electrons. The van der Waals surface area contributed by atoms with E-state index >= 15 is 0 Å². The molecule has 1 heterocycles. The van der Waals surface area contributed by atoms with Crippen LogP contribution in [0.5, 0.6) is 0 Å². The fourth-order valence-electron chi connectivity index (χ4n) is 1.43. The van der Waals surface area contributed by atoms with Crippen LogP contribution in [0.4, 0.5) is 35.0 Å². The molecule has 20 heavy (non-hydrogen) atoms. The monoisotopic (exact) mass is 350 g/mol. The van der Waals surface area contributed by atoms with Crippen molar-refractivity contribution >= 4 is 33.4 Å². The summed E-state index contributed by atoms with van der Waals surface area (Å²) >= 11 is 3.12. The van der Waals surface area contributed by atoms with Gasteiger partial charge in [-0.15, -0.1) is 0 Å². The van der Waals surface area contributed by atoms with Gasteiger partial charge in [-0.2, -0.15) is 18.2 Å². The molecule has 0 unspecified atom stereocenters. The van der Waals surface area contributed by atoms with Crippen LogP contribution < -0.4 is 11.1 Å². The van der Waals surface area contributed by atoms with Crippen molar-refractivity contribution in [1.82, 2.24) is 9.97 Å². The third-order valence-electron chi connectivity index (χ3n) is 2.30. The first-order chi connectivity index (χ1) is 9.27. The molecule has 3 N–H and O–H groups in total. The molecule has 0 spiro atoms. The number of anilines is 3. The maximum Gasteiger partial charge on any atom is 0.419 e. The molecule has 0 aliphatic carbocycles. The topological polar surface area (TPSA) is 63.8 Å². The lowest BCUT2D eigenvalue weighted by Gasteiger charge is -2.12.